The van der Waals surface area contributed by atoms with Crippen molar-refractivity contribution < 1.29 is 39.5 Å². The van der Waals surface area contributed by atoms with E-state index in [0.717, 1.165) is 27.7 Å². The highest BCUT2D eigenvalue weighted by Crippen LogP contribution is 2.53. The molecule has 0 nitrogen and oxygen atoms in total. The molecule has 648 valence electrons. The Morgan fingerprint density at radius 3 is 0.345 bits per heavy atom. The molecule has 0 saturated carbocycles. The molecule has 0 heterocycles. The van der Waals surface area contributed by atoms with Crippen LogP contribution in [0.25, 0.3) is 0 Å². The molecular formula is C101H181F9. The standard InChI is InChI=1S/C28H26.5C10H22.3C6H12F2.C5H9F3/c1-27(23-15-7-3-8-16-23,24-17-9-4-10-18-24)28(2,25-19-11-5-12-20-25)26-21-13-6-14-22-26;2*1-7-9(3,4)10(5,6)8-2;3*1-7-10(6,8-2)9(3,4)5;1-5(2,7)6(3,4)8;2*1-5(2,3)6(4,7)8;1-4(2,6)5(3,7)8/h3-22H,1-2H3;5*7-8H2,1-6H3;3*1-4H3;1-3H3. The van der Waals surface area contributed by atoms with E-state index in [4.69, 9.17) is 0 Å². The van der Waals surface area contributed by atoms with Crippen molar-refractivity contribution in [3.63, 3.8) is 0 Å². The van der Waals surface area contributed by atoms with Crippen LogP contribution in [0.15, 0.2) is 121 Å². The largest absolute Gasteiger partial charge is 0.278 e. The maximum Gasteiger partial charge on any atom is 0.278 e. The third-order valence-corrected chi connectivity index (χ3v) is 28.8. The molecule has 0 N–H and O–H groups in total. The highest BCUT2D eigenvalue weighted by Gasteiger charge is 2.50. The lowest BCUT2D eigenvalue weighted by molar-refractivity contribution is -0.104. The van der Waals surface area contributed by atoms with Gasteiger partial charge in [-0.2, -0.15) is 0 Å². The van der Waals surface area contributed by atoms with Gasteiger partial charge in [0.05, 0.1) is 0 Å². The monoisotopic (exact) mass is 1570 g/mol. The van der Waals surface area contributed by atoms with Crippen molar-refractivity contribution in [3.8, 4) is 0 Å². The summed E-state index contributed by atoms with van der Waals surface area (Å²) < 4.78 is 110. The third-order valence-electron chi connectivity index (χ3n) is 28.8. The van der Waals surface area contributed by atoms with Gasteiger partial charge in [-0.1, -0.05) is 449 Å². The van der Waals surface area contributed by atoms with Gasteiger partial charge in [-0.15, -0.1) is 0 Å². The molecule has 9 heteroatoms. The Morgan fingerprint density at radius 2 is 0.291 bits per heavy atom. The zero-order chi connectivity index (χ0) is 89.5. The molecule has 0 aliphatic carbocycles. The van der Waals surface area contributed by atoms with Gasteiger partial charge < -0.3 is 0 Å². The first-order valence-electron chi connectivity index (χ1n) is 42.0. The van der Waals surface area contributed by atoms with E-state index in [1.54, 1.807) is 0 Å². The summed E-state index contributed by atoms with van der Waals surface area (Å²) in [6.07, 6.45) is 12.8. The third kappa shape index (κ3) is 37.5. The second kappa shape index (κ2) is 45.7. The molecule has 0 aromatic heterocycles. The van der Waals surface area contributed by atoms with Crippen LogP contribution < -0.4 is 0 Å². The molecule has 0 aliphatic heterocycles. The van der Waals surface area contributed by atoms with E-state index in [1.807, 2.05) is 0 Å². The zero-order valence-electron chi connectivity index (χ0n) is 81.0. The summed E-state index contributed by atoms with van der Waals surface area (Å²) in [4.78, 5) is 0. The van der Waals surface area contributed by atoms with Crippen molar-refractivity contribution in [3.05, 3.63) is 144 Å². The van der Waals surface area contributed by atoms with Crippen LogP contribution >= 0.6 is 0 Å². The molecule has 0 fully saturated rings. The van der Waals surface area contributed by atoms with Crippen LogP contribution in [0.3, 0.4) is 0 Å². The van der Waals surface area contributed by atoms with E-state index in [9.17, 15) is 39.5 Å². The molecule has 0 saturated heterocycles. The summed E-state index contributed by atoms with van der Waals surface area (Å²) in [5, 5.41) is 0. The molecule has 0 unspecified atom stereocenters. The Labute approximate surface area is 679 Å². The number of hydrogen-bond donors (Lipinski definition) is 0. The zero-order valence-corrected chi connectivity index (χ0v) is 81.0. The van der Waals surface area contributed by atoms with E-state index in [1.165, 1.54) is 156 Å². The normalized spacial score (nSPS) is 13.5. The predicted molar refractivity (Wildman–Crippen MR) is 476 cm³/mol. The van der Waals surface area contributed by atoms with Crippen molar-refractivity contribution >= 4 is 0 Å². The molecule has 4 rings (SSSR count). The SMILES string of the molecule is CC(C)(C)C(C)(F)F.CC(C)(C)C(C)(F)F.CC(C)(F)C(C)(C)F.CC(C)(F)C(C)(F)F.CC(c1ccccc1)(c1ccccc1)C(C)(c1ccccc1)c1ccccc1.CCC(C)(C)C(C)(C)CC.CCC(C)(C)C(C)(C)CC.CCC(C)(CC)C(C)(C)C.CCC(C)(CC)C(C)(C)C.CCC(C)(CC)C(C)(C)C. The summed E-state index contributed by atoms with van der Waals surface area (Å²) >= 11 is 0. The highest BCUT2D eigenvalue weighted by atomic mass is 19.3. The fraction of sp³-hybridized carbons (Fsp3) is 0.762. The van der Waals surface area contributed by atoms with Gasteiger partial charge in [-0.3, -0.25) is 0 Å². The summed E-state index contributed by atoms with van der Waals surface area (Å²) in [5.74, 6) is -8.35. The lowest BCUT2D eigenvalue weighted by Crippen LogP contribution is -2.47. The quantitative estimate of drug-likeness (QED) is 0.0821. The predicted octanol–water partition coefficient (Wildman–Crippen LogP) is 36.5. The Balaban J connectivity index is -0.000000287. The van der Waals surface area contributed by atoms with Crippen molar-refractivity contribution in [2.75, 3.05) is 0 Å². The van der Waals surface area contributed by atoms with Gasteiger partial charge in [-0.05, 0) is 132 Å². The minimum absolute atomic E-state index is 0.252. The average Bonchev–Trinajstić information content (AvgIpc) is 0.717. The van der Waals surface area contributed by atoms with Gasteiger partial charge in [-0.25, -0.2) is 39.5 Å². The second-order valence-electron chi connectivity index (χ2n) is 41.8. The number of alkyl halides is 9. The Morgan fingerprint density at radius 1 is 0.173 bits per heavy atom. The maximum atomic E-state index is 12.5. The van der Waals surface area contributed by atoms with Gasteiger partial charge in [0, 0.05) is 28.6 Å². The molecule has 0 aliphatic rings. The minimum Gasteiger partial charge on any atom is -0.241 e. The van der Waals surface area contributed by atoms with Crippen LogP contribution in [0.2, 0.25) is 0 Å². The molecular weight excluding hydrogens is 1380 g/mol. The average molecular weight is 1570 g/mol. The van der Waals surface area contributed by atoms with E-state index in [0.29, 0.717) is 61.1 Å². The van der Waals surface area contributed by atoms with Crippen LogP contribution in [-0.2, 0) is 10.8 Å². The van der Waals surface area contributed by atoms with Gasteiger partial charge in [0.2, 0.25) is 11.8 Å². The van der Waals surface area contributed by atoms with E-state index in [2.05, 4.69) is 343 Å². The fourth-order valence-corrected chi connectivity index (χ4v) is 10.4. The first kappa shape index (κ1) is 117. The molecule has 0 spiro atoms. The molecule has 110 heavy (non-hydrogen) atoms. The topological polar surface area (TPSA) is 0 Å². The molecule has 4 aromatic carbocycles. The Kier molecular flexibility index (Phi) is 48.6. The van der Waals surface area contributed by atoms with Crippen molar-refractivity contribution in [2.24, 2.45) is 65.0 Å². The Hall–Kier alpha value is -3.75. The lowest BCUT2D eigenvalue weighted by Gasteiger charge is -2.48. The van der Waals surface area contributed by atoms with Crippen molar-refractivity contribution in [1.82, 2.24) is 0 Å². The van der Waals surface area contributed by atoms with Crippen LogP contribution in [0.5, 0.6) is 0 Å². The Bertz CT molecular complexity index is 2500. The smallest absolute Gasteiger partial charge is 0.241 e. The van der Waals surface area contributed by atoms with Crippen LogP contribution in [0.1, 0.15) is 412 Å². The summed E-state index contributed by atoms with van der Waals surface area (Å²) in [5.41, 5.74) is 1.99. The van der Waals surface area contributed by atoms with Gasteiger partial charge in [0.1, 0.15) is 11.3 Å². The number of hydrogen-bond acceptors (Lipinski definition) is 0. The molecule has 0 atom stereocenters. The fourth-order valence-electron chi connectivity index (χ4n) is 10.4. The van der Waals surface area contributed by atoms with E-state index >= 15 is 0 Å². The molecule has 0 amide bonds. The van der Waals surface area contributed by atoms with Gasteiger partial charge in [0.25, 0.3) is 5.92 Å². The van der Waals surface area contributed by atoms with Crippen LogP contribution in [-0.4, -0.2) is 34.8 Å². The number of benzene rings is 4. The highest BCUT2D eigenvalue weighted by molar-refractivity contribution is 5.54. The van der Waals surface area contributed by atoms with Crippen molar-refractivity contribution in [2.45, 2.75) is 435 Å². The first-order valence-corrected chi connectivity index (χ1v) is 42.0. The van der Waals surface area contributed by atoms with Crippen LogP contribution in [0, 0.1) is 65.0 Å². The summed E-state index contributed by atoms with van der Waals surface area (Å²) in [7, 11) is 0. The minimum atomic E-state index is -3.23. The second-order valence-corrected chi connectivity index (χ2v) is 41.8. The lowest BCUT2D eigenvalue weighted by atomic mass is 9.53. The van der Waals surface area contributed by atoms with Gasteiger partial charge >= 0.3 is 0 Å². The van der Waals surface area contributed by atoms with Crippen molar-refractivity contribution in [1.29, 1.82) is 0 Å². The molecule has 0 bridgehead atoms. The molecule has 4 aromatic rings. The van der Waals surface area contributed by atoms with E-state index in [-0.39, 0.29) is 10.8 Å². The first-order chi connectivity index (χ1) is 48.5. The van der Waals surface area contributed by atoms with E-state index < -0.39 is 45.6 Å². The van der Waals surface area contributed by atoms with Gasteiger partial charge in [0.15, 0.2) is 5.67 Å². The molecule has 0 radical (unpaired) electrons. The number of rotatable bonds is 19. The summed E-state index contributed by atoms with van der Waals surface area (Å²) in [6, 6.07) is 43.6. The maximum absolute atomic E-state index is 12.5. The number of halogens is 9. The summed E-state index contributed by atoms with van der Waals surface area (Å²) in [6.45, 7) is 92.8. The van der Waals surface area contributed by atoms with Crippen LogP contribution in [0.4, 0.5) is 39.5 Å².